The largest absolute Gasteiger partial charge is 0.495 e. The molecule has 2 aromatic carbocycles. The number of rotatable bonds is 4. The van der Waals surface area contributed by atoms with Gasteiger partial charge in [0.1, 0.15) is 11.4 Å². The number of nitrogens with one attached hydrogen (secondary N) is 1. The summed E-state index contributed by atoms with van der Waals surface area (Å²) in [6.07, 6.45) is 2.57. The average molecular weight is 374 g/mol. The van der Waals surface area contributed by atoms with Crippen molar-refractivity contribution in [3.8, 4) is 5.75 Å². The Bertz CT molecular complexity index is 1020. The van der Waals surface area contributed by atoms with Crippen molar-refractivity contribution in [1.29, 1.82) is 0 Å². The summed E-state index contributed by atoms with van der Waals surface area (Å²) in [7, 11) is 1.58. The molecule has 0 saturated carbocycles. The predicted molar refractivity (Wildman–Crippen MR) is 109 cm³/mol. The lowest BCUT2D eigenvalue weighted by Crippen LogP contribution is -2.32. The number of benzene rings is 2. The Morgan fingerprint density at radius 3 is 2.79 bits per heavy atom. The fourth-order valence-corrected chi connectivity index (χ4v) is 3.40. The zero-order valence-electron chi connectivity index (χ0n) is 16.0. The SMILES string of the molecule is COc1ccc(C)cc1NC(=O)c1ccnc(N2CCc3ccccc3C2)n1. The van der Waals surface area contributed by atoms with E-state index in [-0.39, 0.29) is 5.91 Å². The van der Waals surface area contributed by atoms with Crippen LogP contribution in [0.2, 0.25) is 0 Å². The van der Waals surface area contributed by atoms with Crippen LogP contribution >= 0.6 is 0 Å². The van der Waals surface area contributed by atoms with Crippen molar-refractivity contribution in [2.45, 2.75) is 19.9 Å². The van der Waals surface area contributed by atoms with Gasteiger partial charge in [-0.1, -0.05) is 30.3 Å². The minimum atomic E-state index is -0.287. The van der Waals surface area contributed by atoms with Crippen LogP contribution in [-0.4, -0.2) is 29.5 Å². The standard InChI is InChI=1S/C22H22N4O2/c1-15-7-8-20(28-2)19(13-15)24-21(27)18-9-11-23-22(25-18)26-12-10-16-5-3-4-6-17(16)14-26/h3-9,11,13H,10,12,14H2,1-2H3,(H,24,27). The number of methoxy groups -OCH3 is 1. The van der Waals surface area contributed by atoms with Gasteiger partial charge in [-0.15, -0.1) is 0 Å². The van der Waals surface area contributed by atoms with Gasteiger partial charge in [-0.25, -0.2) is 9.97 Å². The smallest absolute Gasteiger partial charge is 0.274 e. The van der Waals surface area contributed by atoms with Crippen LogP contribution in [-0.2, 0) is 13.0 Å². The highest BCUT2D eigenvalue weighted by Crippen LogP contribution is 2.26. The molecule has 0 bridgehead atoms. The van der Waals surface area contributed by atoms with Crippen molar-refractivity contribution in [3.05, 3.63) is 77.1 Å². The van der Waals surface area contributed by atoms with Crippen molar-refractivity contribution in [3.63, 3.8) is 0 Å². The molecule has 28 heavy (non-hydrogen) atoms. The van der Waals surface area contributed by atoms with Gasteiger partial charge in [-0.05, 0) is 48.2 Å². The molecule has 2 heterocycles. The number of carbonyl (C=O) groups excluding carboxylic acids is 1. The molecule has 6 heteroatoms. The summed E-state index contributed by atoms with van der Waals surface area (Å²) in [6, 6.07) is 15.7. The third-order valence-electron chi connectivity index (χ3n) is 4.89. The summed E-state index contributed by atoms with van der Waals surface area (Å²) >= 11 is 0. The molecule has 0 unspecified atom stereocenters. The molecule has 1 aliphatic heterocycles. The molecule has 6 nitrogen and oxygen atoms in total. The fourth-order valence-electron chi connectivity index (χ4n) is 3.40. The Balaban J connectivity index is 1.54. The predicted octanol–water partition coefficient (Wildman–Crippen LogP) is 3.61. The average Bonchev–Trinajstić information content (AvgIpc) is 2.73. The lowest BCUT2D eigenvalue weighted by molar-refractivity contribution is 0.102. The third kappa shape index (κ3) is 3.67. The van der Waals surface area contributed by atoms with Crippen molar-refractivity contribution < 1.29 is 9.53 Å². The first-order chi connectivity index (χ1) is 13.6. The maximum Gasteiger partial charge on any atom is 0.274 e. The summed E-state index contributed by atoms with van der Waals surface area (Å²) in [5.74, 6) is 0.893. The van der Waals surface area contributed by atoms with Crippen molar-refractivity contribution in [2.75, 3.05) is 23.9 Å². The number of hydrogen-bond acceptors (Lipinski definition) is 5. The van der Waals surface area contributed by atoms with Crippen LogP contribution in [0.15, 0.2) is 54.7 Å². The van der Waals surface area contributed by atoms with Gasteiger partial charge in [0.2, 0.25) is 5.95 Å². The molecule has 0 spiro atoms. The molecule has 3 aromatic rings. The molecule has 0 atom stereocenters. The van der Waals surface area contributed by atoms with E-state index in [4.69, 9.17) is 4.74 Å². The molecule has 142 valence electrons. The Morgan fingerprint density at radius 1 is 1.14 bits per heavy atom. The van der Waals surface area contributed by atoms with E-state index in [9.17, 15) is 4.79 Å². The number of ether oxygens (including phenoxy) is 1. The molecule has 0 saturated heterocycles. The van der Waals surface area contributed by atoms with E-state index in [0.29, 0.717) is 23.1 Å². The highest BCUT2D eigenvalue weighted by atomic mass is 16.5. The quantitative estimate of drug-likeness (QED) is 0.756. The molecule has 4 rings (SSSR count). The first kappa shape index (κ1) is 18.0. The van der Waals surface area contributed by atoms with Crippen LogP contribution < -0.4 is 15.0 Å². The number of anilines is 2. The second kappa shape index (κ2) is 7.68. The van der Waals surface area contributed by atoms with Crippen LogP contribution in [0, 0.1) is 6.92 Å². The number of carbonyl (C=O) groups is 1. The first-order valence-corrected chi connectivity index (χ1v) is 9.25. The number of amides is 1. The Hall–Kier alpha value is -3.41. The maximum absolute atomic E-state index is 12.8. The molecule has 1 amide bonds. The van der Waals surface area contributed by atoms with E-state index in [1.807, 2.05) is 31.2 Å². The molecular formula is C22H22N4O2. The Morgan fingerprint density at radius 2 is 1.96 bits per heavy atom. The van der Waals surface area contributed by atoms with Crippen LogP contribution in [0.3, 0.4) is 0 Å². The fraction of sp³-hybridized carbons (Fsp3) is 0.227. The van der Waals surface area contributed by atoms with Crippen LogP contribution in [0.25, 0.3) is 0 Å². The van der Waals surface area contributed by atoms with E-state index >= 15 is 0 Å². The van der Waals surface area contributed by atoms with Gasteiger partial charge in [0.15, 0.2) is 0 Å². The van der Waals surface area contributed by atoms with Gasteiger partial charge in [0.25, 0.3) is 5.91 Å². The van der Waals surface area contributed by atoms with Crippen LogP contribution in [0.4, 0.5) is 11.6 Å². The summed E-state index contributed by atoms with van der Waals surface area (Å²) < 4.78 is 5.33. The van der Waals surface area contributed by atoms with Gasteiger partial charge in [0.05, 0.1) is 12.8 Å². The third-order valence-corrected chi connectivity index (χ3v) is 4.89. The number of hydrogen-bond donors (Lipinski definition) is 1. The number of nitrogens with zero attached hydrogens (tertiary/aromatic N) is 3. The van der Waals surface area contributed by atoms with Gasteiger partial charge >= 0.3 is 0 Å². The lowest BCUT2D eigenvalue weighted by atomic mass is 10.0. The van der Waals surface area contributed by atoms with Gasteiger partial charge < -0.3 is 15.0 Å². The zero-order valence-corrected chi connectivity index (χ0v) is 16.0. The highest BCUT2D eigenvalue weighted by molar-refractivity contribution is 6.03. The molecular weight excluding hydrogens is 352 g/mol. The summed E-state index contributed by atoms with van der Waals surface area (Å²) in [5, 5.41) is 2.89. The second-order valence-electron chi connectivity index (χ2n) is 6.84. The Kier molecular flexibility index (Phi) is 4.93. The monoisotopic (exact) mass is 374 g/mol. The Labute approximate surface area is 164 Å². The number of aromatic nitrogens is 2. The normalized spacial score (nSPS) is 13.0. The number of aryl methyl sites for hydroxylation is 1. The van der Waals surface area contributed by atoms with Crippen molar-refractivity contribution >= 4 is 17.5 Å². The molecule has 1 aromatic heterocycles. The minimum absolute atomic E-state index is 0.287. The second-order valence-corrected chi connectivity index (χ2v) is 6.84. The lowest BCUT2D eigenvalue weighted by Gasteiger charge is -2.28. The van der Waals surface area contributed by atoms with Crippen LogP contribution in [0.5, 0.6) is 5.75 Å². The topological polar surface area (TPSA) is 67.3 Å². The van der Waals surface area contributed by atoms with Gasteiger partial charge in [0, 0.05) is 19.3 Å². The number of fused-ring (bicyclic) bond motifs is 1. The minimum Gasteiger partial charge on any atom is -0.495 e. The van der Waals surface area contributed by atoms with Crippen molar-refractivity contribution in [2.24, 2.45) is 0 Å². The van der Waals surface area contributed by atoms with Gasteiger partial charge in [-0.2, -0.15) is 0 Å². The molecule has 0 aliphatic carbocycles. The summed E-state index contributed by atoms with van der Waals surface area (Å²) in [4.78, 5) is 23.7. The zero-order chi connectivity index (χ0) is 19.5. The van der Waals surface area contributed by atoms with E-state index < -0.39 is 0 Å². The molecule has 0 radical (unpaired) electrons. The molecule has 0 fully saturated rings. The van der Waals surface area contributed by atoms with Crippen molar-refractivity contribution in [1.82, 2.24) is 9.97 Å². The van der Waals surface area contributed by atoms with E-state index in [0.717, 1.165) is 25.1 Å². The van der Waals surface area contributed by atoms with E-state index in [1.165, 1.54) is 11.1 Å². The highest BCUT2D eigenvalue weighted by Gasteiger charge is 2.19. The summed E-state index contributed by atoms with van der Waals surface area (Å²) in [5.41, 5.74) is 4.62. The van der Waals surface area contributed by atoms with E-state index in [2.05, 4.69) is 38.4 Å². The van der Waals surface area contributed by atoms with E-state index in [1.54, 1.807) is 19.4 Å². The molecule has 1 N–H and O–H groups in total. The van der Waals surface area contributed by atoms with Gasteiger partial charge in [-0.3, -0.25) is 4.79 Å². The maximum atomic E-state index is 12.8. The van der Waals surface area contributed by atoms with Crippen LogP contribution in [0.1, 0.15) is 27.2 Å². The molecule has 1 aliphatic rings. The first-order valence-electron chi connectivity index (χ1n) is 9.25. The summed E-state index contributed by atoms with van der Waals surface area (Å²) in [6.45, 7) is 3.53.